The normalized spacial score (nSPS) is 19.2. The number of esters is 1. The Kier molecular flexibility index (Phi) is 4.54. The molecule has 104 valence electrons. The molecular formula is C13H19N3O3. The molecule has 19 heavy (non-hydrogen) atoms. The predicted molar refractivity (Wildman–Crippen MR) is 68.2 cm³/mol. The molecule has 2 heterocycles. The summed E-state index contributed by atoms with van der Waals surface area (Å²) in [4.78, 5) is 25.5. The number of hydrogen-bond donors (Lipinski definition) is 0. The van der Waals surface area contributed by atoms with Gasteiger partial charge in [-0.25, -0.2) is 4.79 Å². The third kappa shape index (κ3) is 3.33. The number of carbonyl (C=O) groups is 2. The van der Waals surface area contributed by atoms with Gasteiger partial charge in [-0.15, -0.1) is 0 Å². The number of hydrogen-bond acceptors (Lipinski definition) is 4. The van der Waals surface area contributed by atoms with Crippen LogP contribution >= 0.6 is 0 Å². The molecule has 0 spiro atoms. The fourth-order valence-electron chi connectivity index (χ4n) is 2.40. The first-order valence-electron chi connectivity index (χ1n) is 6.57. The van der Waals surface area contributed by atoms with Crippen LogP contribution < -0.4 is 0 Å². The summed E-state index contributed by atoms with van der Waals surface area (Å²) in [6.45, 7) is 1.17. The zero-order valence-electron chi connectivity index (χ0n) is 11.1. The molecule has 1 aliphatic rings. The number of nitrogens with zero attached hydrogens (tertiary/aromatic N) is 3. The lowest BCUT2D eigenvalue weighted by Gasteiger charge is -2.33. The van der Waals surface area contributed by atoms with E-state index in [1.54, 1.807) is 15.8 Å². The summed E-state index contributed by atoms with van der Waals surface area (Å²) < 4.78 is 6.49. The van der Waals surface area contributed by atoms with Crippen molar-refractivity contribution in [2.24, 2.45) is 0 Å². The van der Waals surface area contributed by atoms with E-state index in [2.05, 4.69) is 5.10 Å². The highest BCUT2D eigenvalue weighted by Crippen LogP contribution is 2.19. The number of likely N-dealkylation sites (tertiary alicyclic amines) is 1. The molecule has 1 amide bonds. The van der Waals surface area contributed by atoms with Crippen LogP contribution in [-0.4, -0.2) is 46.3 Å². The molecule has 2 rings (SSSR count). The van der Waals surface area contributed by atoms with Gasteiger partial charge in [0.15, 0.2) is 0 Å². The zero-order valence-corrected chi connectivity index (χ0v) is 11.1. The summed E-state index contributed by atoms with van der Waals surface area (Å²) in [5, 5.41) is 4.06. The lowest BCUT2D eigenvalue weighted by molar-refractivity contribution is -0.154. The Balaban J connectivity index is 1.93. The molecule has 0 aliphatic carbocycles. The van der Waals surface area contributed by atoms with E-state index in [0.29, 0.717) is 25.9 Å². The fraction of sp³-hybridized carbons (Fsp3) is 0.615. The van der Waals surface area contributed by atoms with Gasteiger partial charge in [-0.1, -0.05) is 0 Å². The molecule has 1 aliphatic heterocycles. The topological polar surface area (TPSA) is 64.4 Å². The zero-order chi connectivity index (χ0) is 13.7. The Morgan fingerprint density at radius 3 is 2.95 bits per heavy atom. The van der Waals surface area contributed by atoms with E-state index in [-0.39, 0.29) is 11.9 Å². The van der Waals surface area contributed by atoms with Gasteiger partial charge < -0.3 is 9.64 Å². The minimum atomic E-state index is -0.413. The van der Waals surface area contributed by atoms with Crippen LogP contribution in [-0.2, 0) is 20.9 Å². The molecule has 0 radical (unpaired) electrons. The second kappa shape index (κ2) is 6.36. The molecule has 0 unspecified atom stereocenters. The van der Waals surface area contributed by atoms with E-state index in [1.165, 1.54) is 7.11 Å². The Hall–Kier alpha value is -1.85. The molecule has 1 fully saturated rings. The van der Waals surface area contributed by atoms with Crippen LogP contribution in [0.25, 0.3) is 0 Å². The van der Waals surface area contributed by atoms with E-state index >= 15 is 0 Å². The molecule has 1 atom stereocenters. The van der Waals surface area contributed by atoms with Gasteiger partial charge in [-0.05, 0) is 25.3 Å². The summed E-state index contributed by atoms with van der Waals surface area (Å²) in [6, 6.07) is 1.41. The molecule has 0 saturated carbocycles. The Bertz CT molecular complexity index is 430. The lowest BCUT2D eigenvalue weighted by Crippen LogP contribution is -2.48. The fourth-order valence-corrected chi connectivity index (χ4v) is 2.40. The van der Waals surface area contributed by atoms with Crippen LogP contribution in [0.3, 0.4) is 0 Å². The van der Waals surface area contributed by atoms with Crippen LogP contribution in [0.5, 0.6) is 0 Å². The quantitative estimate of drug-likeness (QED) is 0.756. The summed E-state index contributed by atoms with van der Waals surface area (Å²) in [5.74, 6) is -0.322. The molecule has 0 bridgehead atoms. The van der Waals surface area contributed by atoms with Crippen molar-refractivity contribution in [3.63, 3.8) is 0 Å². The highest BCUT2D eigenvalue weighted by molar-refractivity contribution is 5.84. The van der Waals surface area contributed by atoms with Crippen molar-refractivity contribution in [2.45, 2.75) is 38.3 Å². The number of carbonyl (C=O) groups excluding carboxylic acids is 2. The van der Waals surface area contributed by atoms with Crippen LogP contribution in [0.1, 0.15) is 25.7 Å². The first-order valence-corrected chi connectivity index (χ1v) is 6.57. The third-order valence-electron chi connectivity index (χ3n) is 3.41. The number of aryl methyl sites for hydroxylation is 1. The second-order valence-electron chi connectivity index (χ2n) is 4.64. The lowest BCUT2D eigenvalue weighted by atomic mass is 10.0. The van der Waals surface area contributed by atoms with Gasteiger partial charge in [0.1, 0.15) is 6.04 Å². The smallest absolute Gasteiger partial charge is 0.328 e. The van der Waals surface area contributed by atoms with Gasteiger partial charge in [0.05, 0.1) is 7.11 Å². The Morgan fingerprint density at radius 1 is 1.42 bits per heavy atom. The summed E-state index contributed by atoms with van der Waals surface area (Å²) in [6.07, 6.45) is 6.46. The van der Waals surface area contributed by atoms with Crippen molar-refractivity contribution < 1.29 is 14.3 Å². The van der Waals surface area contributed by atoms with Crippen molar-refractivity contribution >= 4 is 11.9 Å². The molecule has 0 aromatic carbocycles. The molecule has 6 nitrogen and oxygen atoms in total. The summed E-state index contributed by atoms with van der Waals surface area (Å²) >= 11 is 0. The maximum absolute atomic E-state index is 12.2. The maximum atomic E-state index is 12.2. The number of rotatable bonds is 4. The Labute approximate surface area is 112 Å². The first kappa shape index (κ1) is 13.6. The second-order valence-corrected chi connectivity index (χ2v) is 4.64. The van der Waals surface area contributed by atoms with Gasteiger partial charge in [0.2, 0.25) is 5.91 Å². The van der Waals surface area contributed by atoms with Crippen molar-refractivity contribution in [3.8, 4) is 0 Å². The number of piperidine rings is 1. The first-order chi connectivity index (χ1) is 9.22. The van der Waals surface area contributed by atoms with Crippen LogP contribution in [0, 0.1) is 0 Å². The van der Waals surface area contributed by atoms with Gasteiger partial charge in [-0.2, -0.15) is 5.10 Å². The van der Waals surface area contributed by atoms with Gasteiger partial charge in [0, 0.05) is 31.9 Å². The molecule has 1 aromatic rings. The van der Waals surface area contributed by atoms with E-state index in [4.69, 9.17) is 4.74 Å². The molecular weight excluding hydrogens is 246 g/mol. The highest BCUT2D eigenvalue weighted by atomic mass is 16.5. The van der Waals surface area contributed by atoms with E-state index in [0.717, 1.165) is 12.8 Å². The average molecular weight is 265 g/mol. The summed E-state index contributed by atoms with van der Waals surface area (Å²) in [5.41, 5.74) is 0. The third-order valence-corrected chi connectivity index (χ3v) is 3.41. The minimum absolute atomic E-state index is 0.00870. The SMILES string of the molecule is COC(=O)[C@H]1CCCCN1C(=O)CCn1cccn1. The van der Waals surface area contributed by atoms with Crippen LogP contribution in [0.2, 0.25) is 0 Å². The van der Waals surface area contributed by atoms with E-state index in [9.17, 15) is 9.59 Å². The van der Waals surface area contributed by atoms with Gasteiger partial charge in [0.25, 0.3) is 0 Å². The standard InChI is InChI=1S/C13H19N3O3/c1-19-13(18)11-5-2-3-9-16(11)12(17)6-10-15-8-4-7-14-15/h4,7-8,11H,2-3,5-6,9-10H2,1H3/t11-/m1/s1. The van der Waals surface area contributed by atoms with Crippen LogP contribution in [0.15, 0.2) is 18.5 Å². The van der Waals surface area contributed by atoms with Crippen molar-refractivity contribution in [1.82, 2.24) is 14.7 Å². The molecule has 0 N–H and O–H groups in total. The average Bonchev–Trinajstić information content (AvgIpc) is 2.97. The molecule has 1 saturated heterocycles. The predicted octanol–water partition coefficient (Wildman–Crippen LogP) is 0.827. The largest absolute Gasteiger partial charge is 0.467 e. The van der Waals surface area contributed by atoms with E-state index in [1.807, 2.05) is 12.3 Å². The van der Waals surface area contributed by atoms with Crippen molar-refractivity contribution in [3.05, 3.63) is 18.5 Å². The monoisotopic (exact) mass is 265 g/mol. The van der Waals surface area contributed by atoms with Crippen molar-refractivity contribution in [1.29, 1.82) is 0 Å². The van der Waals surface area contributed by atoms with Gasteiger partial charge in [-0.3, -0.25) is 9.48 Å². The molecule has 1 aromatic heterocycles. The van der Waals surface area contributed by atoms with Crippen LogP contribution in [0.4, 0.5) is 0 Å². The summed E-state index contributed by atoms with van der Waals surface area (Å²) in [7, 11) is 1.36. The van der Waals surface area contributed by atoms with E-state index < -0.39 is 6.04 Å². The van der Waals surface area contributed by atoms with Gasteiger partial charge >= 0.3 is 5.97 Å². The number of aromatic nitrogens is 2. The highest BCUT2D eigenvalue weighted by Gasteiger charge is 2.32. The number of methoxy groups -OCH3 is 1. The van der Waals surface area contributed by atoms with Crippen molar-refractivity contribution in [2.75, 3.05) is 13.7 Å². The number of ether oxygens (including phenoxy) is 1. The molecule has 6 heteroatoms. The number of amides is 1. The Morgan fingerprint density at radius 2 is 2.26 bits per heavy atom. The minimum Gasteiger partial charge on any atom is -0.467 e. The maximum Gasteiger partial charge on any atom is 0.328 e.